The number of rotatable bonds is 6. The topological polar surface area (TPSA) is 33.1 Å². The minimum atomic E-state index is 0.268. The van der Waals surface area contributed by atoms with Crippen LogP contribution in [0.3, 0.4) is 0 Å². The zero-order valence-electron chi connectivity index (χ0n) is 12.3. The van der Waals surface area contributed by atoms with Crippen molar-refractivity contribution in [3.8, 4) is 0 Å². The van der Waals surface area contributed by atoms with Crippen LogP contribution in [-0.4, -0.2) is 64.9 Å². The van der Waals surface area contributed by atoms with Crippen molar-refractivity contribution < 1.29 is 0 Å². The van der Waals surface area contributed by atoms with E-state index in [0.717, 1.165) is 23.8 Å². The molecule has 114 valence electrons. The number of aromatic nitrogens is 2. The van der Waals surface area contributed by atoms with Crippen LogP contribution in [0.5, 0.6) is 0 Å². The first-order valence-corrected chi connectivity index (χ1v) is 9.44. The molecule has 2 unspecified atom stereocenters. The minimum absolute atomic E-state index is 0.268. The number of nitrogens with one attached hydrogen (secondary N) is 1. The minimum Gasteiger partial charge on any atom is -0.311 e. The highest BCUT2D eigenvalue weighted by Crippen LogP contribution is 2.35. The molecule has 1 aromatic rings. The summed E-state index contributed by atoms with van der Waals surface area (Å²) in [6.45, 7) is 1.84. The smallest absolute Gasteiger partial charge is 0.0834 e. The number of thioether (sulfide) groups is 2. The molecule has 1 saturated heterocycles. The molecule has 1 aliphatic rings. The van der Waals surface area contributed by atoms with E-state index in [1.807, 2.05) is 30.6 Å². The van der Waals surface area contributed by atoms with Crippen LogP contribution in [-0.2, 0) is 6.54 Å². The molecule has 1 fully saturated rings. The van der Waals surface area contributed by atoms with E-state index in [0.29, 0.717) is 5.25 Å². The predicted octanol–water partition coefficient (Wildman–Crippen LogP) is 2.21. The maximum Gasteiger partial charge on any atom is 0.0834 e. The Bertz CT molecular complexity index is 419. The number of hydrogen-bond acceptors (Lipinski definition) is 5. The van der Waals surface area contributed by atoms with E-state index in [1.54, 1.807) is 6.20 Å². The fourth-order valence-electron chi connectivity index (χ4n) is 2.35. The molecular formula is C13H23ClN4S2. The summed E-state index contributed by atoms with van der Waals surface area (Å²) in [4.78, 5) is 2.17. The van der Waals surface area contributed by atoms with Gasteiger partial charge in [-0.05, 0) is 21.1 Å². The van der Waals surface area contributed by atoms with Crippen LogP contribution in [0.25, 0.3) is 0 Å². The first kappa shape index (κ1) is 16.5. The van der Waals surface area contributed by atoms with Crippen LogP contribution in [0, 0.1) is 0 Å². The maximum absolute atomic E-state index is 6.40. The summed E-state index contributed by atoms with van der Waals surface area (Å²) in [5.74, 6) is 3.65. The first-order chi connectivity index (χ1) is 9.63. The van der Waals surface area contributed by atoms with Gasteiger partial charge in [-0.25, -0.2) is 0 Å². The first-order valence-electron chi connectivity index (χ1n) is 6.86. The Morgan fingerprint density at radius 1 is 1.55 bits per heavy atom. The molecule has 1 aliphatic heterocycles. The van der Waals surface area contributed by atoms with Crippen LogP contribution < -0.4 is 5.32 Å². The Labute approximate surface area is 135 Å². The van der Waals surface area contributed by atoms with E-state index in [1.165, 1.54) is 17.3 Å². The maximum atomic E-state index is 6.40. The summed E-state index contributed by atoms with van der Waals surface area (Å²) in [6.07, 6.45) is 1.78. The molecule has 1 N–H and O–H groups in total. The summed E-state index contributed by atoms with van der Waals surface area (Å²) < 4.78 is 2.06. The average Bonchev–Trinajstić information content (AvgIpc) is 2.80. The lowest BCUT2D eigenvalue weighted by Gasteiger charge is -2.30. The normalized spacial score (nSPS) is 21.4. The molecule has 2 heterocycles. The molecule has 0 aliphatic carbocycles. The summed E-state index contributed by atoms with van der Waals surface area (Å²) in [5.41, 5.74) is 1.14. The van der Waals surface area contributed by atoms with Crippen LogP contribution >= 0.6 is 35.1 Å². The molecular weight excluding hydrogens is 312 g/mol. The van der Waals surface area contributed by atoms with Crippen LogP contribution in [0.1, 0.15) is 11.7 Å². The fraction of sp³-hybridized carbons (Fsp3) is 0.769. The lowest BCUT2D eigenvalue weighted by Crippen LogP contribution is -2.34. The summed E-state index contributed by atoms with van der Waals surface area (Å²) in [7, 11) is 6.17. The van der Waals surface area contributed by atoms with Gasteiger partial charge < -0.3 is 10.2 Å². The second-order valence-corrected chi connectivity index (χ2v) is 8.06. The largest absolute Gasteiger partial charge is 0.311 e. The lowest BCUT2D eigenvalue weighted by molar-refractivity contribution is 0.363. The third-order valence-electron chi connectivity index (χ3n) is 3.41. The third kappa shape index (κ3) is 4.07. The molecule has 0 spiro atoms. The van der Waals surface area contributed by atoms with Crippen LogP contribution in [0.2, 0.25) is 5.02 Å². The highest BCUT2D eigenvalue weighted by atomic mass is 35.5. The lowest BCUT2D eigenvalue weighted by atomic mass is 10.1. The van der Waals surface area contributed by atoms with Crippen molar-refractivity contribution in [1.82, 2.24) is 20.0 Å². The second-order valence-electron chi connectivity index (χ2n) is 5.15. The van der Waals surface area contributed by atoms with E-state index in [2.05, 4.69) is 34.1 Å². The predicted molar refractivity (Wildman–Crippen MR) is 91.2 cm³/mol. The van der Waals surface area contributed by atoms with Crippen molar-refractivity contribution in [3.05, 3.63) is 16.9 Å². The van der Waals surface area contributed by atoms with E-state index >= 15 is 0 Å². The van der Waals surface area contributed by atoms with E-state index in [4.69, 9.17) is 11.6 Å². The van der Waals surface area contributed by atoms with E-state index < -0.39 is 0 Å². The summed E-state index contributed by atoms with van der Waals surface area (Å²) in [5, 5.41) is 9.24. The van der Waals surface area contributed by atoms with Gasteiger partial charge in [0.15, 0.2) is 0 Å². The molecule has 20 heavy (non-hydrogen) atoms. The van der Waals surface area contributed by atoms with E-state index in [-0.39, 0.29) is 6.04 Å². The molecule has 4 nitrogen and oxygen atoms in total. The molecule has 0 bridgehead atoms. The van der Waals surface area contributed by atoms with E-state index in [9.17, 15) is 0 Å². The van der Waals surface area contributed by atoms with Crippen molar-refractivity contribution in [1.29, 1.82) is 0 Å². The molecule has 1 aromatic heterocycles. The Morgan fingerprint density at radius 2 is 2.35 bits per heavy atom. The molecule has 7 heteroatoms. The average molecular weight is 335 g/mol. The quantitative estimate of drug-likeness (QED) is 0.862. The van der Waals surface area contributed by atoms with Crippen molar-refractivity contribution in [2.24, 2.45) is 0 Å². The van der Waals surface area contributed by atoms with Gasteiger partial charge in [0.05, 0.1) is 29.5 Å². The van der Waals surface area contributed by atoms with Crippen molar-refractivity contribution in [3.63, 3.8) is 0 Å². The van der Waals surface area contributed by atoms with Crippen molar-refractivity contribution >= 4 is 35.1 Å². The van der Waals surface area contributed by atoms with Crippen LogP contribution in [0.15, 0.2) is 6.20 Å². The molecule has 2 atom stereocenters. The Morgan fingerprint density at radius 3 is 2.95 bits per heavy atom. The molecule has 0 aromatic carbocycles. The van der Waals surface area contributed by atoms with Crippen LogP contribution in [0.4, 0.5) is 0 Å². The summed E-state index contributed by atoms with van der Waals surface area (Å²) in [6, 6.07) is 0.268. The fourth-order valence-corrected chi connectivity index (χ4v) is 5.49. The van der Waals surface area contributed by atoms with Gasteiger partial charge in [0.2, 0.25) is 0 Å². The SMILES string of the molecule is CNC(c1c(Cl)cnn1CCN(C)C)C1CSCCS1. The number of likely N-dealkylation sites (N-methyl/N-ethyl adjacent to an activating group) is 1. The number of nitrogens with zero attached hydrogens (tertiary/aromatic N) is 3. The van der Waals surface area contributed by atoms with Gasteiger partial charge in [0.25, 0.3) is 0 Å². The van der Waals surface area contributed by atoms with Gasteiger partial charge in [-0.15, -0.1) is 0 Å². The highest BCUT2D eigenvalue weighted by Gasteiger charge is 2.29. The van der Waals surface area contributed by atoms with Gasteiger partial charge in [0, 0.05) is 29.1 Å². The monoisotopic (exact) mass is 334 g/mol. The molecule has 0 radical (unpaired) electrons. The zero-order chi connectivity index (χ0) is 14.5. The number of halogens is 1. The number of hydrogen-bond donors (Lipinski definition) is 1. The van der Waals surface area contributed by atoms with Crippen molar-refractivity contribution in [2.45, 2.75) is 17.8 Å². The molecule has 0 amide bonds. The van der Waals surface area contributed by atoms with Gasteiger partial charge >= 0.3 is 0 Å². The second kappa shape index (κ2) is 7.94. The summed E-state index contributed by atoms with van der Waals surface area (Å²) >= 11 is 10.5. The van der Waals surface area contributed by atoms with Gasteiger partial charge in [-0.3, -0.25) is 4.68 Å². The Balaban J connectivity index is 2.17. The third-order valence-corrected chi connectivity index (χ3v) is 6.57. The standard InChI is InChI=1S/C13H23ClN4S2/c1-15-12(11-9-19-6-7-20-11)13-10(14)8-16-18(13)5-4-17(2)3/h8,11-12,15H,4-7,9H2,1-3H3. The molecule has 2 rings (SSSR count). The van der Waals surface area contributed by atoms with Crippen molar-refractivity contribution in [2.75, 3.05) is 44.9 Å². The Hall–Kier alpha value is 0.120. The van der Waals surface area contributed by atoms with Gasteiger partial charge in [0.1, 0.15) is 0 Å². The van der Waals surface area contributed by atoms with Gasteiger partial charge in [-0.1, -0.05) is 11.6 Å². The van der Waals surface area contributed by atoms with Gasteiger partial charge in [-0.2, -0.15) is 28.6 Å². The molecule has 0 saturated carbocycles. The zero-order valence-corrected chi connectivity index (χ0v) is 14.7. The Kier molecular flexibility index (Phi) is 6.55. The highest BCUT2D eigenvalue weighted by molar-refractivity contribution is 8.06.